The van der Waals surface area contributed by atoms with Gasteiger partial charge >= 0.3 is 5.63 Å². The quantitative estimate of drug-likeness (QED) is 0.825. The van der Waals surface area contributed by atoms with Crippen LogP contribution in [0, 0.1) is 5.92 Å². The molecule has 0 spiro atoms. The van der Waals surface area contributed by atoms with Crippen molar-refractivity contribution in [3.63, 3.8) is 0 Å². The van der Waals surface area contributed by atoms with Crippen LogP contribution >= 0.6 is 0 Å². The van der Waals surface area contributed by atoms with Gasteiger partial charge in [0.15, 0.2) is 0 Å². The molecular formula is C16H18O3. The van der Waals surface area contributed by atoms with E-state index >= 15 is 0 Å². The van der Waals surface area contributed by atoms with Crippen LogP contribution in [-0.4, -0.2) is 0 Å². The minimum atomic E-state index is -0.360. The van der Waals surface area contributed by atoms with Crippen molar-refractivity contribution in [3.05, 3.63) is 64.2 Å². The van der Waals surface area contributed by atoms with Crippen LogP contribution in [0.25, 0.3) is 0 Å². The van der Waals surface area contributed by atoms with E-state index in [0.717, 1.165) is 12.0 Å². The van der Waals surface area contributed by atoms with E-state index in [2.05, 4.69) is 13.8 Å². The summed E-state index contributed by atoms with van der Waals surface area (Å²) in [5.74, 6) is 1.67. The fraction of sp³-hybridized carbons (Fsp3) is 0.312. The molecule has 0 aliphatic carbocycles. The van der Waals surface area contributed by atoms with Gasteiger partial charge < -0.3 is 9.15 Å². The Morgan fingerprint density at radius 2 is 1.89 bits per heavy atom. The van der Waals surface area contributed by atoms with Gasteiger partial charge in [-0.15, -0.1) is 0 Å². The summed E-state index contributed by atoms with van der Waals surface area (Å²) < 4.78 is 10.8. The molecule has 1 aromatic carbocycles. The molecule has 0 fully saturated rings. The minimum Gasteiger partial charge on any atom is -0.489 e. The van der Waals surface area contributed by atoms with Gasteiger partial charge in [-0.05, 0) is 11.5 Å². The number of hydrogen-bond donors (Lipinski definition) is 0. The maximum atomic E-state index is 11.5. The fourth-order valence-corrected chi connectivity index (χ4v) is 1.83. The first-order valence-electron chi connectivity index (χ1n) is 6.44. The highest BCUT2D eigenvalue weighted by molar-refractivity contribution is 5.22. The third-order valence-electron chi connectivity index (χ3n) is 2.65. The molecule has 2 aromatic rings. The van der Waals surface area contributed by atoms with Gasteiger partial charge in [-0.2, -0.15) is 0 Å². The Bertz CT molecular complexity index is 570. The molecule has 0 amide bonds. The lowest BCUT2D eigenvalue weighted by molar-refractivity contribution is 0.298. The van der Waals surface area contributed by atoms with Crippen LogP contribution in [-0.2, 0) is 13.0 Å². The molecule has 3 nitrogen and oxygen atoms in total. The first kappa shape index (κ1) is 13.4. The van der Waals surface area contributed by atoms with E-state index in [0.29, 0.717) is 24.0 Å². The van der Waals surface area contributed by atoms with E-state index in [-0.39, 0.29) is 5.63 Å². The molecule has 19 heavy (non-hydrogen) atoms. The molecular weight excluding hydrogens is 240 g/mol. The number of rotatable bonds is 5. The van der Waals surface area contributed by atoms with Gasteiger partial charge in [0, 0.05) is 12.5 Å². The van der Waals surface area contributed by atoms with Crippen molar-refractivity contribution in [2.75, 3.05) is 0 Å². The molecule has 0 aliphatic heterocycles. The Balaban J connectivity index is 2.08. The SMILES string of the molecule is CC(C)Cc1cc(OCc2ccccc2)cc(=O)o1. The first-order valence-corrected chi connectivity index (χ1v) is 6.44. The summed E-state index contributed by atoms with van der Waals surface area (Å²) in [7, 11) is 0. The second-order valence-electron chi connectivity index (χ2n) is 4.95. The molecule has 0 unspecified atom stereocenters. The van der Waals surface area contributed by atoms with E-state index in [4.69, 9.17) is 9.15 Å². The van der Waals surface area contributed by atoms with Gasteiger partial charge in [0.05, 0.1) is 6.07 Å². The highest BCUT2D eigenvalue weighted by Crippen LogP contribution is 2.15. The Morgan fingerprint density at radius 3 is 2.58 bits per heavy atom. The average molecular weight is 258 g/mol. The molecule has 1 heterocycles. The van der Waals surface area contributed by atoms with E-state index in [1.165, 1.54) is 6.07 Å². The Hall–Kier alpha value is -2.03. The lowest BCUT2D eigenvalue weighted by Gasteiger charge is -2.08. The molecule has 3 heteroatoms. The predicted molar refractivity (Wildman–Crippen MR) is 74.3 cm³/mol. The van der Waals surface area contributed by atoms with Gasteiger partial charge in [0.1, 0.15) is 18.1 Å². The van der Waals surface area contributed by atoms with Crippen LogP contribution in [0.4, 0.5) is 0 Å². The summed E-state index contributed by atoms with van der Waals surface area (Å²) in [4.78, 5) is 11.5. The maximum Gasteiger partial charge on any atom is 0.339 e. The van der Waals surface area contributed by atoms with Crippen molar-refractivity contribution >= 4 is 0 Å². The summed E-state index contributed by atoms with van der Waals surface area (Å²) in [5, 5.41) is 0. The van der Waals surface area contributed by atoms with Crippen LogP contribution < -0.4 is 10.4 Å². The highest BCUT2D eigenvalue weighted by Gasteiger charge is 2.05. The Kier molecular flexibility index (Phi) is 4.39. The van der Waals surface area contributed by atoms with Crippen LogP contribution in [0.1, 0.15) is 25.2 Å². The average Bonchev–Trinajstić information content (AvgIpc) is 2.36. The maximum absolute atomic E-state index is 11.5. The fourth-order valence-electron chi connectivity index (χ4n) is 1.83. The van der Waals surface area contributed by atoms with Crippen LogP contribution in [0.5, 0.6) is 5.75 Å². The molecule has 0 N–H and O–H groups in total. The van der Waals surface area contributed by atoms with Gasteiger partial charge in [-0.25, -0.2) is 4.79 Å². The van der Waals surface area contributed by atoms with Crippen molar-refractivity contribution in [1.82, 2.24) is 0 Å². The van der Waals surface area contributed by atoms with Gasteiger partial charge in [0.2, 0.25) is 0 Å². The molecule has 0 saturated carbocycles. The van der Waals surface area contributed by atoms with Crippen molar-refractivity contribution in [2.24, 2.45) is 5.92 Å². The van der Waals surface area contributed by atoms with Crippen LogP contribution in [0.2, 0.25) is 0 Å². The summed E-state index contributed by atoms with van der Waals surface area (Å²) >= 11 is 0. The van der Waals surface area contributed by atoms with E-state index in [9.17, 15) is 4.79 Å². The molecule has 1 aromatic heterocycles. The highest BCUT2D eigenvalue weighted by atomic mass is 16.5. The van der Waals surface area contributed by atoms with Crippen molar-refractivity contribution in [2.45, 2.75) is 26.9 Å². The number of benzene rings is 1. The van der Waals surface area contributed by atoms with E-state index in [1.807, 2.05) is 30.3 Å². The monoisotopic (exact) mass is 258 g/mol. The lowest BCUT2D eigenvalue weighted by atomic mass is 10.1. The predicted octanol–water partition coefficient (Wildman–Crippen LogP) is 3.42. The summed E-state index contributed by atoms with van der Waals surface area (Å²) in [6.07, 6.45) is 0.734. The minimum absolute atomic E-state index is 0.360. The van der Waals surface area contributed by atoms with Crippen molar-refractivity contribution in [1.29, 1.82) is 0 Å². The molecule has 0 radical (unpaired) electrons. The summed E-state index contributed by atoms with van der Waals surface area (Å²) in [6, 6.07) is 13.0. The summed E-state index contributed by atoms with van der Waals surface area (Å²) in [5.41, 5.74) is 0.711. The second-order valence-corrected chi connectivity index (χ2v) is 4.95. The third-order valence-corrected chi connectivity index (χ3v) is 2.65. The van der Waals surface area contributed by atoms with Gasteiger partial charge in [0.25, 0.3) is 0 Å². The van der Waals surface area contributed by atoms with Crippen molar-refractivity contribution < 1.29 is 9.15 Å². The second kappa shape index (κ2) is 6.23. The normalized spacial score (nSPS) is 10.7. The first-order chi connectivity index (χ1) is 9.13. The largest absolute Gasteiger partial charge is 0.489 e. The van der Waals surface area contributed by atoms with Crippen molar-refractivity contribution in [3.8, 4) is 5.75 Å². The number of hydrogen-bond acceptors (Lipinski definition) is 3. The molecule has 0 bridgehead atoms. The van der Waals surface area contributed by atoms with Crippen LogP contribution in [0.3, 0.4) is 0 Å². The lowest BCUT2D eigenvalue weighted by Crippen LogP contribution is -2.05. The zero-order chi connectivity index (χ0) is 13.7. The van der Waals surface area contributed by atoms with Crippen LogP contribution in [0.15, 0.2) is 51.7 Å². The smallest absolute Gasteiger partial charge is 0.339 e. The Labute approximate surface area is 112 Å². The molecule has 2 rings (SSSR count). The van der Waals surface area contributed by atoms with Gasteiger partial charge in [-0.3, -0.25) is 0 Å². The number of ether oxygens (including phenoxy) is 1. The molecule has 100 valence electrons. The van der Waals surface area contributed by atoms with Gasteiger partial charge in [-0.1, -0.05) is 44.2 Å². The summed E-state index contributed by atoms with van der Waals surface area (Å²) in [6.45, 7) is 4.61. The third kappa shape index (κ3) is 4.28. The standard InChI is InChI=1S/C16H18O3/c1-12(2)8-15-9-14(10-16(17)19-15)18-11-13-6-4-3-5-7-13/h3-7,9-10,12H,8,11H2,1-2H3. The Morgan fingerprint density at radius 1 is 1.16 bits per heavy atom. The van der Waals surface area contributed by atoms with E-state index < -0.39 is 0 Å². The molecule has 0 saturated heterocycles. The zero-order valence-electron chi connectivity index (χ0n) is 11.3. The van der Waals surface area contributed by atoms with E-state index in [1.54, 1.807) is 6.07 Å². The molecule has 0 atom stereocenters. The topological polar surface area (TPSA) is 39.4 Å². The zero-order valence-corrected chi connectivity index (χ0v) is 11.3. The molecule has 0 aliphatic rings.